The van der Waals surface area contributed by atoms with Gasteiger partial charge in [-0.25, -0.2) is 9.97 Å². The highest BCUT2D eigenvalue weighted by Crippen LogP contribution is 2.18. The quantitative estimate of drug-likeness (QED) is 0.632. The number of methoxy groups -OCH3 is 1. The number of aryl methyl sites for hydroxylation is 1. The van der Waals surface area contributed by atoms with Gasteiger partial charge in [0.15, 0.2) is 5.78 Å². The summed E-state index contributed by atoms with van der Waals surface area (Å²) in [7, 11) is 1.58. The third kappa shape index (κ3) is 4.70. The average molecular weight is 376 g/mol. The van der Waals surface area contributed by atoms with Gasteiger partial charge in [-0.15, -0.1) is 0 Å². The highest BCUT2D eigenvalue weighted by Gasteiger charge is 2.12. The van der Waals surface area contributed by atoms with Crippen LogP contribution in [0.5, 0.6) is 5.75 Å². The van der Waals surface area contributed by atoms with E-state index >= 15 is 0 Å². The third-order valence-electron chi connectivity index (χ3n) is 3.96. The molecule has 142 valence electrons. The van der Waals surface area contributed by atoms with Gasteiger partial charge in [-0.3, -0.25) is 9.59 Å². The van der Waals surface area contributed by atoms with Crippen LogP contribution in [-0.2, 0) is 0 Å². The Labute approximate surface area is 162 Å². The monoisotopic (exact) mass is 376 g/mol. The minimum absolute atomic E-state index is 0.0339. The molecule has 0 saturated heterocycles. The van der Waals surface area contributed by atoms with Gasteiger partial charge in [0.2, 0.25) is 5.95 Å². The molecule has 0 aliphatic heterocycles. The molecular formula is C21H20N4O3. The number of ketones is 1. The molecule has 2 aromatic carbocycles. The van der Waals surface area contributed by atoms with Gasteiger partial charge in [0, 0.05) is 22.6 Å². The number of hydrogen-bond acceptors (Lipinski definition) is 6. The first-order valence-electron chi connectivity index (χ1n) is 8.64. The number of carbonyl (C=O) groups is 2. The van der Waals surface area contributed by atoms with E-state index in [4.69, 9.17) is 4.74 Å². The maximum absolute atomic E-state index is 12.6. The number of aromatic nitrogens is 2. The molecular weight excluding hydrogens is 356 g/mol. The highest BCUT2D eigenvalue weighted by molar-refractivity contribution is 6.03. The van der Waals surface area contributed by atoms with Crippen LogP contribution in [-0.4, -0.2) is 28.8 Å². The number of carbonyl (C=O) groups excluding carboxylic acids is 2. The van der Waals surface area contributed by atoms with Crippen molar-refractivity contribution >= 4 is 29.0 Å². The molecule has 0 aliphatic rings. The zero-order valence-corrected chi connectivity index (χ0v) is 15.8. The maximum atomic E-state index is 12.6. The van der Waals surface area contributed by atoms with Gasteiger partial charge in [0.05, 0.1) is 7.11 Å². The van der Waals surface area contributed by atoms with Crippen LogP contribution in [0, 0.1) is 6.92 Å². The van der Waals surface area contributed by atoms with Crippen molar-refractivity contribution in [1.29, 1.82) is 0 Å². The fourth-order valence-corrected chi connectivity index (χ4v) is 2.56. The van der Waals surface area contributed by atoms with E-state index in [2.05, 4.69) is 20.6 Å². The molecule has 0 atom stereocenters. The average Bonchev–Trinajstić information content (AvgIpc) is 2.68. The van der Waals surface area contributed by atoms with Crippen LogP contribution in [0.2, 0.25) is 0 Å². The number of ether oxygens (including phenoxy) is 1. The molecule has 0 fully saturated rings. The lowest BCUT2D eigenvalue weighted by molar-refractivity contribution is 0.101. The van der Waals surface area contributed by atoms with Crippen molar-refractivity contribution in [2.45, 2.75) is 13.8 Å². The lowest BCUT2D eigenvalue weighted by atomic mass is 10.1. The van der Waals surface area contributed by atoms with E-state index in [9.17, 15) is 9.59 Å². The Kier molecular flexibility index (Phi) is 5.64. The van der Waals surface area contributed by atoms with Crippen molar-refractivity contribution in [3.05, 3.63) is 71.5 Å². The Balaban J connectivity index is 1.79. The maximum Gasteiger partial charge on any atom is 0.274 e. The van der Waals surface area contributed by atoms with Gasteiger partial charge in [-0.1, -0.05) is 12.1 Å². The summed E-state index contributed by atoms with van der Waals surface area (Å²) in [6, 6.07) is 15.6. The van der Waals surface area contributed by atoms with Crippen LogP contribution in [0.4, 0.5) is 17.3 Å². The summed E-state index contributed by atoms with van der Waals surface area (Å²) in [6.45, 7) is 3.28. The fraction of sp³-hybridized carbons (Fsp3) is 0.143. The summed E-state index contributed by atoms with van der Waals surface area (Å²) in [5.41, 5.74) is 2.74. The predicted molar refractivity (Wildman–Crippen MR) is 107 cm³/mol. The Morgan fingerprint density at radius 2 is 1.71 bits per heavy atom. The SMILES string of the molecule is COc1ccc(NC(=O)c2cc(C)nc(Nc3cccc(C(C)=O)c3)n2)cc1. The van der Waals surface area contributed by atoms with Crippen molar-refractivity contribution in [2.24, 2.45) is 0 Å². The van der Waals surface area contributed by atoms with Crippen LogP contribution in [0.15, 0.2) is 54.6 Å². The number of Topliss-reactive ketones (excluding diaryl/α,β-unsaturated/α-hetero) is 1. The molecule has 0 unspecified atom stereocenters. The summed E-state index contributed by atoms with van der Waals surface area (Å²) in [5, 5.41) is 5.84. The second kappa shape index (κ2) is 8.30. The predicted octanol–water partition coefficient (Wildman–Crippen LogP) is 3.99. The van der Waals surface area contributed by atoms with Crippen LogP contribution in [0.1, 0.15) is 33.5 Å². The number of nitrogens with zero attached hydrogens (tertiary/aromatic N) is 2. The summed E-state index contributed by atoms with van der Waals surface area (Å²) in [6.07, 6.45) is 0. The smallest absolute Gasteiger partial charge is 0.274 e. The normalized spacial score (nSPS) is 10.2. The Morgan fingerprint density at radius 1 is 0.964 bits per heavy atom. The molecule has 1 aromatic heterocycles. The molecule has 7 heteroatoms. The summed E-state index contributed by atoms with van der Waals surface area (Å²) < 4.78 is 5.11. The van der Waals surface area contributed by atoms with E-state index < -0.39 is 0 Å². The number of hydrogen-bond donors (Lipinski definition) is 2. The molecule has 28 heavy (non-hydrogen) atoms. The van der Waals surface area contributed by atoms with Crippen molar-refractivity contribution in [1.82, 2.24) is 9.97 Å². The van der Waals surface area contributed by atoms with E-state index in [0.717, 1.165) is 0 Å². The topological polar surface area (TPSA) is 93.2 Å². The molecule has 0 spiro atoms. The Hall–Kier alpha value is -3.74. The summed E-state index contributed by atoms with van der Waals surface area (Å²) >= 11 is 0. The lowest BCUT2D eigenvalue weighted by Gasteiger charge is -2.10. The third-order valence-corrected chi connectivity index (χ3v) is 3.96. The molecule has 0 bridgehead atoms. The van der Waals surface area contributed by atoms with E-state index in [1.54, 1.807) is 68.6 Å². The number of benzene rings is 2. The first-order valence-corrected chi connectivity index (χ1v) is 8.64. The summed E-state index contributed by atoms with van der Waals surface area (Å²) in [5.74, 6) is 0.598. The van der Waals surface area contributed by atoms with Gasteiger partial charge in [-0.2, -0.15) is 0 Å². The number of anilines is 3. The van der Waals surface area contributed by atoms with Crippen molar-refractivity contribution < 1.29 is 14.3 Å². The molecule has 7 nitrogen and oxygen atoms in total. The second-order valence-corrected chi connectivity index (χ2v) is 6.16. The van der Waals surface area contributed by atoms with E-state index in [1.165, 1.54) is 6.92 Å². The van der Waals surface area contributed by atoms with Gasteiger partial charge < -0.3 is 15.4 Å². The molecule has 3 aromatic rings. The molecule has 1 heterocycles. The molecule has 0 saturated carbocycles. The standard InChI is InChI=1S/C21H20N4O3/c1-13-11-19(20(27)23-16-7-9-18(28-3)10-8-16)25-21(22-13)24-17-6-4-5-15(12-17)14(2)26/h4-12H,1-3H3,(H,23,27)(H,22,24,25). The Bertz CT molecular complexity index is 1020. The van der Waals surface area contributed by atoms with E-state index in [0.29, 0.717) is 28.4 Å². The first-order chi connectivity index (χ1) is 13.4. The molecule has 2 N–H and O–H groups in total. The van der Waals surface area contributed by atoms with Crippen LogP contribution in [0.25, 0.3) is 0 Å². The minimum Gasteiger partial charge on any atom is -0.497 e. The molecule has 0 aliphatic carbocycles. The van der Waals surface area contributed by atoms with Crippen LogP contribution >= 0.6 is 0 Å². The zero-order valence-electron chi connectivity index (χ0n) is 15.8. The van der Waals surface area contributed by atoms with Gasteiger partial charge in [0.25, 0.3) is 5.91 Å². The van der Waals surface area contributed by atoms with Crippen molar-refractivity contribution in [3.8, 4) is 5.75 Å². The van der Waals surface area contributed by atoms with Gasteiger partial charge in [0.1, 0.15) is 11.4 Å². The molecule has 0 radical (unpaired) electrons. The lowest BCUT2D eigenvalue weighted by Crippen LogP contribution is -2.15. The molecule has 1 amide bonds. The van der Waals surface area contributed by atoms with Gasteiger partial charge >= 0.3 is 0 Å². The van der Waals surface area contributed by atoms with Crippen molar-refractivity contribution in [3.63, 3.8) is 0 Å². The number of nitrogens with one attached hydrogen (secondary N) is 2. The van der Waals surface area contributed by atoms with E-state index in [-0.39, 0.29) is 23.3 Å². The molecule has 3 rings (SSSR count). The Morgan fingerprint density at radius 3 is 2.39 bits per heavy atom. The number of amides is 1. The second-order valence-electron chi connectivity index (χ2n) is 6.16. The van der Waals surface area contributed by atoms with Crippen LogP contribution < -0.4 is 15.4 Å². The largest absolute Gasteiger partial charge is 0.497 e. The highest BCUT2D eigenvalue weighted by atomic mass is 16.5. The van der Waals surface area contributed by atoms with Gasteiger partial charge in [-0.05, 0) is 56.3 Å². The van der Waals surface area contributed by atoms with Crippen molar-refractivity contribution in [2.75, 3.05) is 17.7 Å². The fourth-order valence-electron chi connectivity index (χ4n) is 2.56. The first kappa shape index (κ1) is 19.0. The number of rotatable bonds is 6. The minimum atomic E-state index is -0.351. The summed E-state index contributed by atoms with van der Waals surface area (Å²) in [4.78, 5) is 32.7. The van der Waals surface area contributed by atoms with E-state index in [1.807, 2.05) is 0 Å². The van der Waals surface area contributed by atoms with Crippen LogP contribution in [0.3, 0.4) is 0 Å². The zero-order chi connectivity index (χ0) is 20.1.